The molecule has 0 aromatic heterocycles. The smallest absolute Gasteiger partial charge is 0.293 e. The van der Waals surface area contributed by atoms with Crippen LogP contribution in [0, 0.1) is 5.92 Å². The predicted octanol–water partition coefficient (Wildman–Crippen LogP) is 1.66. The molecule has 2 aliphatic carbocycles. The molecule has 0 saturated heterocycles. The molecule has 1 fully saturated rings. The van der Waals surface area contributed by atoms with E-state index in [4.69, 9.17) is 4.74 Å². The third kappa shape index (κ3) is 1.06. The molecule has 0 spiro atoms. The summed E-state index contributed by atoms with van der Waals surface area (Å²) < 4.78 is 5.09. The first-order chi connectivity index (χ1) is 5.35. The number of allylic oxidation sites excluding steroid dienone is 1. The third-order valence-electron chi connectivity index (χ3n) is 2.78. The van der Waals surface area contributed by atoms with Gasteiger partial charge in [0.1, 0.15) is 5.60 Å². The quantitative estimate of drug-likeness (QED) is 0.444. The molecule has 0 radical (unpaired) electrons. The van der Waals surface area contributed by atoms with Crippen molar-refractivity contribution in [3.63, 3.8) is 0 Å². The maximum Gasteiger partial charge on any atom is 0.293 e. The topological polar surface area (TPSA) is 26.3 Å². The molecule has 2 nitrogen and oxygen atoms in total. The average molecular weight is 152 g/mol. The molecule has 0 N–H and O–H groups in total. The van der Waals surface area contributed by atoms with E-state index in [2.05, 4.69) is 12.2 Å². The van der Waals surface area contributed by atoms with E-state index in [1.165, 1.54) is 12.8 Å². The number of carbonyl (C=O) groups excluding carboxylic acids is 1. The fourth-order valence-electron chi connectivity index (χ4n) is 2.21. The van der Waals surface area contributed by atoms with Crippen molar-refractivity contribution in [2.45, 2.75) is 31.3 Å². The van der Waals surface area contributed by atoms with E-state index in [0.29, 0.717) is 6.47 Å². The molecular formula is C9H12O2. The Kier molecular flexibility index (Phi) is 1.48. The fourth-order valence-corrected chi connectivity index (χ4v) is 2.21. The van der Waals surface area contributed by atoms with Crippen molar-refractivity contribution in [2.75, 3.05) is 0 Å². The lowest BCUT2D eigenvalue weighted by Gasteiger charge is -2.26. The molecule has 1 saturated carbocycles. The van der Waals surface area contributed by atoms with Gasteiger partial charge in [0.05, 0.1) is 0 Å². The molecule has 0 heterocycles. The molecule has 0 aromatic carbocycles. The van der Waals surface area contributed by atoms with Crippen molar-refractivity contribution in [3.8, 4) is 0 Å². The summed E-state index contributed by atoms with van der Waals surface area (Å²) in [5.74, 6) is 0.764. The first-order valence-corrected chi connectivity index (χ1v) is 4.14. The van der Waals surface area contributed by atoms with Gasteiger partial charge in [-0.1, -0.05) is 6.08 Å². The highest BCUT2D eigenvalue weighted by molar-refractivity contribution is 5.40. The van der Waals surface area contributed by atoms with E-state index in [0.717, 1.165) is 18.8 Å². The van der Waals surface area contributed by atoms with E-state index in [-0.39, 0.29) is 5.60 Å². The zero-order valence-electron chi connectivity index (χ0n) is 6.45. The highest BCUT2D eigenvalue weighted by Gasteiger charge is 2.40. The molecule has 60 valence electrons. The second-order valence-corrected chi connectivity index (χ2v) is 3.53. The van der Waals surface area contributed by atoms with Gasteiger partial charge in [0.15, 0.2) is 0 Å². The van der Waals surface area contributed by atoms with Gasteiger partial charge in [-0.15, -0.1) is 0 Å². The maximum absolute atomic E-state index is 10.2. The van der Waals surface area contributed by atoms with Gasteiger partial charge in [-0.2, -0.15) is 0 Å². The summed E-state index contributed by atoms with van der Waals surface area (Å²) in [6, 6.07) is 0. The van der Waals surface area contributed by atoms with Crippen molar-refractivity contribution < 1.29 is 9.53 Å². The van der Waals surface area contributed by atoms with Crippen molar-refractivity contribution in [1.82, 2.24) is 0 Å². The largest absolute Gasteiger partial charge is 0.457 e. The van der Waals surface area contributed by atoms with Crippen LogP contribution in [0.4, 0.5) is 0 Å². The molecule has 2 unspecified atom stereocenters. The van der Waals surface area contributed by atoms with Gasteiger partial charge in [-0.3, -0.25) is 4.79 Å². The summed E-state index contributed by atoms with van der Waals surface area (Å²) in [6.07, 6.45) is 8.65. The number of carbonyl (C=O) groups is 1. The first kappa shape index (κ1) is 6.89. The van der Waals surface area contributed by atoms with Crippen LogP contribution >= 0.6 is 0 Å². The third-order valence-corrected chi connectivity index (χ3v) is 2.78. The number of hydrogen-bond donors (Lipinski definition) is 0. The Bertz CT molecular complexity index is 198. The van der Waals surface area contributed by atoms with Crippen molar-refractivity contribution in [3.05, 3.63) is 12.2 Å². The van der Waals surface area contributed by atoms with E-state index >= 15 is 0 Å². The summed E-state index contributed by atoms with van der Waals surface area (Å²) in [6.45, 7) is 0.581. The normalized spacial score (nSPS) is 40.5. The standard InChI is InChI=1S/C9H12O2/c10-7-11-9-4-1-2-8(6-9)3-5-9/h1,4,7-8H,2-3,5-6H2. The van der Waals surface area contributed by atoms with Crippen LogP contribution in [0.15, 0.2) is 12.2 Å². The Hall–Kier alpha value is -0.790. The Balaban J connectivity index is 2.17. The monoisotopic (exact) mass is 152 g/mol. The number of fused-ring (bicyclic) bond motifs is 2. The van der Waals surface area contributed by atoms with Crippen LogP contribution in [0.2, 0.25) is 0 Å². The summed E-state index contributed by atoms with van der Waals surface area (Å²) >= 11 is 0. The van der Waals surface area contributed by atoms with Crippen molar-refractivity contribution in [2.24, 2.45) is 5.92 Å². The van der Waals surface area contributed by atoms with Crippen molar-refractivity contribution in [1.29, 1.82) is 0 Å². The highest BCUT2D eigenvalue weighted by Crippen LogP contribution is 2.43. The van der Waals surface area contributed by atoms with Crippen LogP contribution in [-0.2, 0) is 9.53 Å². The minimum absolute atomic E-state index is 0.204. The molecule has 2 atom stereocenters. The van der Waals surface area contributed by atoms with Gasteiger partial charge in [0.25, 0.3) is 6.47 Å². The van der Waals surface area contributed by atoms with Crippen LogP contribution in [0.25, 0.3) is 0 Å². The van der Waals surface area contributed by atoms with E-state index in [9.17, 15) is 4.79 Å². The molecule has 2 bridgehead atoms. The van der Waals surface area contributed by atoms with Crippen molar-refractivity contribution >= 4 is 6.47 Å². The summed E-state index contributed by atoms with van der Waals surface area (Å²) in [7, 11) is 0. The lowest BCUT2D eigenvalue weighted by molar-refractivity contribution is -0.139. The minimum Gasteiger partial charge on any atom is -0.457 e. The minimum atomic E-state index is -0.204. The molecule has 0 aliphatic heterocycles. The van der Waals surface area contributed by atoms with Crippen LogP contribution in [0.3, 0.4) is 0 Å². The Labute approximate surface area is 66.2 Å². The predicted molar refractivity (Wildman–Crippen MR) is 41.0 cm³/mol. The maximum atomic E-state index is 10.2. The van der Waals surface area contributed by atoms with Crippen LogP contribution in [0.1, 0.15) is 25.7 Å². The highest BCUT2D eigenvalue weighted by atomic mass is 16.5. The molecule has 2 rings (SSSR count). The summed E-state index contributed by atoms with van der Waals surface area (Å²) in [5, 5.41) is 0. The van der Waals surface area contributed by atoms with Gasteiger partial charge in [0.2, 0.25) is 0 Å². The lowest BCUT2D eigenvalue weighted by Crippen LogP contribution is -2.27. The van der Waals surface area contributed by atoms with Crippen LogP contribution in [-0.4, -0.2) is 12.1 Å². The van der Waals surface area contributed by atoms with Gasteiger partial charge in [-0.25, -0.2) is 0 Å². The summed E-state index contributed by atoms with van der Waals surface area (Å²) in [4.78, 5) is 10.2. The van der Waals surface area contributed by atoms with Gasteiger partial charge >= 0.3 is 0 Å². The van der Waals surface area contributed by atoms with Gasteiger partial charge in [0, 0.05) is 0 Å². The summed E-state index contributed by atoms with van der Waals surface area (Å²) in [5.41, 5.74) is -0.204. The average Bonchev–Trinajstić information content (AvgIpc) is 2.28. The Morgan fingerprint density at radius 1 is 1.64 bits per heavy atom. The molecule has 11 heavy (non-hydrogen) atoms. The molecular weight excluding hydrogens is 140 g/mol. The zero-order valence-corrected chi connectivity index (χ0v) is 6.45. The Morgan fingerprint density at radius 2 is 2.55 bits per heavy atom. The molecule has 0 amide bonds. The second-order valence-electron chi connectivity index (χ2n) is 3.53. The number of rotatable bonds is 2. The van der Waals surface area contributed by atoms with Crippen LogP contribution < -0.4 is 0 Å². The number of hydrogen-bond acceptors (Lipinski definition) is 2. The second kappa shape index (κ2) is 2.36. The SMILES string of the molecule is O=COC12C=CCC(CC1)C2. The fraction of sp³-hybridized carbons (Fsp3) is 0.667. The zero-order chi connectivity index (χ0) is 7.73. The molecule has 0 aromatic rings. The first-order valence-electron chi connectivity index (χ1n) is 4.14. The Morgan fingerprint density at radius 3 is 3.36 bits per heavy atom. The van der Waals surface area contributed by atoms with Gasteiger partial charge < -0.3 is 4.74 Å². The lowest BCUT2D eigenvalue weighted by atomic mass is 9.92. The van der Waals surface area contributed by atoms with Crippen LogP contribution in [0.5, 0.6) is 0 Å². The van der Waals surface area contributed by atoms with E-state index in [1.807, 2.05) is 0 Å². The van der Waals surface area contributed by atoms with E-state index < -0.39 is 0 Å². The van der Waals surface area contributed by atoms with E-state index in [1.54, 1.807) is 0 Å². The molecule has 2 aliphatic rings. The van der Waals surface area contributed by atoms with Gasteiger partial charge in [-0.05, 0) is 37.7 Å². The molecule has 2 heteroatoms. The number of ether oxygens (including phenoxy) is 1.